The summed E-state index contributed by atoms with van der Waals surface area (Å²) < 4.78 is 4.84. The van der Waals surface area contributed by atoms with Crippen molar-refractivity contribution in [1.82, 2.24) is 4.90 Å². The van der Waals surface area contributed by atoms with Gasteiger partial charge in [-0.1, -0.05) is 30.3 Å². The molecule has 1 aromatic rings. The molecule has 0 aliphatic heterocycles. The molecule has 6 heteroatoms. The lowest BCUT2D eigenvalue weighted by Crippen LogP contribution is -2.35. The van der Waals surface area contributed by atoms with E-state index < -0.39 is 17.8 Å². The summed E-state index contributed by atoms with van der Waals surface area (Å²) in [6.07, 6.45) is -0.214. The second-order valence-electron chi connectivity index (χ2n) is 3.93. The first-order valence-corrected chi connectivity index (χ1v) is 5.68. The third kappa shape index (κ3) is 5.20. The maximum atomic E-state index is 11.5. The molecule has 0 radical (unpaired) electrons. The summed E-state index contributed by atoms with van der Waals surface area (Å²) in [5, 5.41) is 8.48. The molecule has 6 nitrogen and oxygen atoms in total. The molecule has 1 amide bonds. The minimum Gasteiger partial charge on any atom is -0.481 e. The molecular formula is C13H15NO5. The molecule has 0 aromatic heterocycles. The zero-order chi connectivity index (χ0) is 14.3. The van der Waals surface area contributed by atoms with Gasteiger partial charge >= 0.3 is 17.8 Å². The number of carboxylic acids is 1. The molecule has 0 bridgehead atoms. The largest absolute Gasteiger partial charge is 0.481 e. The number of aliphatic carboxylic acids is 1. The number of likely N-dealkylation sites (N-methyl/N-ethyl adjacent to an activating group) is 1. The minimum atomic E-state index is -1.03. The first kappa shape index (κ1) is 14.7. The van der Waals surface area contributed by atoms with Crippen molar-refractivity contribution in [2.24, 2.45) is 0 Å². The van der Waals surface area contributed by atoms with Crippen molar-refractivity contribution in [2.75, 3.05) is 13.6 Å². The van der Waals surface area contributed by atoms with Crippen LogP contribution in [0.2, 0.25) is 0 Å². The van der Waals surface area contributed by atoms with E-state index in [9.17, 15) is 14.4 Å². The Morgan fingerprint density at radius 3 is 2.42 bits per heavy atom. The number of amides is 1. The molecule has 0 heterocycles. The second kappa shape index (κ2) is 7.15. The number of nitrogens with zero attached hydrogens (tertiary/aromatic N) is 1. The zero-order valence-corrected chi connectivity index (χ0v) is 10.5. The lowest BCUT2D eigenvalue weighted by Gasteiger charge is -2.14. The zero-order valence-electron chi connectivity index (χ0n) is 10.5. The summed E-state index contributed by atoms with van der Waals surface area (Å²) in [6, 6.07) is 8.96. The van der Waals surface area contributed by atoms with Crippen molar-refractivity contribution in [3.05, 3.63) is 35.9 Å². The molecular weight excluding hydrogens is 250 g/mol. The van der Waals surface area contributed by atoms with Crippen molar-refractivity contribution in [2.45, 2.75) is 13.0 Å². The van der Waals surface area contributed by atoms with Crippen LogP contribution in [0.25, 0.3) is 0 Å². The third-order valence-electron chi connectivity index (χ3n) is 2.40. The van der Waals surface area contributed by atoms with Crippen molar-refractivity contribution < 1.29 is 24.2 Å². The van der Waals surface area contributed by atoms with Crippen LogP contribution in [0.5, 0.6) is 0 Å². The number of hydrogen-bond donors (Lipinski definition) is 1. The molecule has 0 fully saturated rings. The van der Waals surface area contributed by atoms with Crippen molar-refractivity contribution in [1.29, 1.82) is 0 Å². The summed E-state index contributed by atoms with van der Waals surface area (Å²) in [5.74, 6) is -2.87. The molecule has 0 atom stereocenters. The van der Waals surface area contributed by atoms with Gasteiger partial charge in [-0.15, -0.1) is 0 Å². The van der Waals surface area contributed by atoms with E-state index in [1.807, 2.05) is 6.07 Å². The van der Waals surface area contributed by atoms with Crippen LogP contribution in [0.1, 0.15) is 12.0 Å². The lowest BCUT2D eigenvalue weighted by atomic mass is 10.2. The van der Waals surface area contributed by atoms with E-state index in [1.165, 1.54) is 7.05 Å². The Labute approximate surface area is 110 Å². The van der Waals surface area contributed by atoms with Gasteiger partial charge in [-0.2, -0.15) is 0 Å². The van der Waals surface area contributed by atoms with Crippen molar-refractivity contribution in [3.63, 3.8) is 0 Å². The van der Waals surface area contributed by atoms with Gasteiger partial charge in [0.2, 0.25) is 0 Å². The van der Waals surface area contributed by atoms with Gasteiger partial charge in [0.15, 0.2) is 0 Å². The molecule has 0 spiro atoms. The standard InChI is InChI=1S/C13H15NO5/c1-14(8-7-11(15)16)12(17)13(18)19-9-10-5-3-2-4-6-10/h2-6H,7-9H2,1H3,(H,15,16). The summed E-state index contributed by atoms with van der Waals surface area (Å²) in [6.45, 7) is -0.0210. The van der Waals surface area contributed by atoms with E-state index in [2.05, 4.69) is 0 Å². The number of rotatable bonds is 5. The molecule has 102 valence electrons. The highest BCUT2D eigenvalue weighted by molar-refractivity contribution is 6.32. The fraction of sp³-hybridized carbons (Fsp3) is 0.308. The SMILES string of the molecule is CN(CCC(=O)O)C(=O)C(=O)OCc1ccccc1. The lowest BCUT2D eigenvalue weighted by molar-refractivity contribution is -0.160. The number of hydrogen-bond acceptors (Lipinski definition) is 4. The van der Waals surface area contributed by atoms with Gasteiger partial charge in [0.1, 0.15) is 6.61 Å². The Balaban J connectivity index is 2.40. The highest BCUT2D eigenvalue weighted by Crippen LogP contribution is 2.01. The molecule has 0 aliphatic rings. The first-order valence-electron chi connectivity index (χ1n) is 5.68. The monoisotopic (exact) mass is 265 g/mol. The van der Waals surface area contributed by atoms with E-state index in [0.29, 0.717) is 0 Å². The summed E-state index contributed by atoms with van der Waals surface area (Å²) in [7, 11) is 1.36. The maximum absolute atomic E-state index is 11.5. The van der Waals surface area contributed by atoms with E-state index in [-0.39, 0.29) is 19.6 Å². The average molecular weight is 265 g/mol. The van der Waals surface area contributed by atoms with Crippen LogP contribution in [0.15, 0.2) is 30.3 Å². The Morgan fingerprint density at radius 1 is 1.21 bits per heavy atom. The van der Waals surface area contributed by atoms with Crippen LogP contribution in [-0.4, -0.2) is 41.4 Å². The number of esters is 1. The van der Waals surface area contributed by atoms with Crippen LogP contribution >= 0.6 is 0 Å². The molecule has 1 rings (SSSR count). The molecule has 1 N–H and O–H groups in total. The number of carboxylic acid groups (broad SMARTS) is 1. The predicted molar refractivity (Wildman–Crippen MR) is 66.1 cm³/mol. The predicted octanol–water partition coefficient (Wildman–Crippen LogP) is 0.663. The summed E-state index contributed by atoms with van der Waals surface area (Å²) in [4.78, 5) is 34.4. The Hall–Kier alpha value is -2.37. The number of carbonyl (C=O) groups excluding carboxylic acids is 2. The maximum Gasteiger partial charge on any atom is 0.397 e. The smallest absolute Gasteiger partial charge is 0.397 e. The van der Waals surface area contributed by atoms with E-state index in [1.54, 1.807) is 24.3 Å². The average Bonchev–Trinajstić information content (AvgIpc) is 2.42. The third-order valence-corrected chi connectivity index (χ3v) is 2.40. The quantitative estimate of drug-likeness (QED) is 0.624. The van der Waals surface area contributed by atoms with Crippen LogP contribution in [-0.2, 0) is 25.7 Å². The Morgan fingerprint density at radius 2 is 1.84 bits per heavy atom. The van der Waals surface area contributed by atoms with Gasteiger partial charge in [-0.05, 0) is 5.56 Å². The molecule has 1 aromatic carbocycles. The second-order valence-corrected chi connectivity index (χ2v) is 3.93. The highest BCUT2D eigenvalue weighted by Gasteiger charge is 2.20. The number of ether oxygens (including phenoxy) is 1. The minimum absolute atomic E-state index is 0.0121. The van der Waals surface area contributed by atoms with Gasteiger partial charge in [0.25, 0.3) is 0 Å². The van der Waals surface area contributed by atoms with Gasteiger partial charge in [-0.25, -0.2) is 4.79 Å². The summed E-state index contributed by atoms with van der Waals surface area (Å²) >= 11 is 0. The van der Waals surface area contributed by atoms with Crippen LogP contribution in [0, 0.1) is 0 Å². The first-order chi connectivity index (χ1) is 9.00. The fourth-order valence-electron chi connectivity index (χ4n) is 1.31. The van der Waals surface area contributed by atoms with Gasteiger partial charge in [0.05, 0.1) is 6.42 Å². The van der Waals surface area contributed by atoms with Crippen molar-refractivity contribution in [3.8, 4) is 0 Å². The van der Waals surface area contributed by atoms with Crippen molar-refractivity contribution >= 4 is 17.8 Å². The van der Waals surface area contributed by atoms with Gasteiger partial charge < -0.3 is 14.7 Å². The van der Waals surface area contributed by atoms with E-state index >= 15 is 0 Å². The summed E-state index contributed by atoms with van der Waals surface area (Å²) in [5.41, 5.74) is 0.775. The Kier molecular flexibility index (Phi) is 5.53. The van der Waals surface area contributed by atoms with Crippen LogP contribution in [0.4, 0.5) is 0 Å². The number of benzene rings is 1. The van der Waals surface area contributed by atoms with E-state index in [0.717, 1.165) is 10.5 Å². The topological polar surface area (TPSA) is 83.9 Å². The molecule has 0 unspecified atom stereocenters. The highest BCUT2D eigenvalue weighted by atomic mass is 16.5. The molecule has 0 aliphatic carbocycles. The van der Waals surface area contributed by atoms with Crippen LogP contribution < -0.4 is 0 Å². The van der Waals surface area contributed by atoms with Crippen LogP contribution in [0.3, 0.4) is 0 Å². The Bertz CT molecular complexity index is 457. The van der Waals surface area contributed by atoms with Gasteiger partial charge in [0, 0.05) is 13.6 Å². The number of carbonyl (C=O) groups is 3. The van der Waals surface area contributed by atoms with Gasteiger partial charge in [-0.3, -0.25) is 9.59 Å². The molecule has 0 saturated heterocycles. The van der Waals surface area contributed by atoms with E-state index in [4.69, 9.17) is 9.84 Å². The molecule has 19 heavy (non-hydrogen) atoms. The fourth-order valence-corrected chi connectivity index (χ4v) is 1.31. The normalized spacial score (nSPS) is 9.74. The molecule has 0 saturated carbocycles.